The van der Waals surface area contributed by atoms with Gasteiger partial charge >= 0.3 is 6.03 Å². The number of rotatable bonds is 4. The Morgan fingerprint density at radius 2 is 1.65 bits per heavy atom. The highest BCUT2D eigenvalue weighted by atomic mass is 16.2. The predicted octanol–water partition coefficient (Wildman–Crippen LogP) is 0.785. The average Bonchev–Trinajstić information content (AvgIpc) is 2.55. The lowest BCUT2D eigenvalue weighted by atomic mass is 10.1. The fraction of sp³-hybridized carbons (Fsp3) is 0.438. The van der Waals surface area contributed by atoms with Gasteiger partial charge in [0.1, 0.15) is 0 Å². The Morgan fingerprint density at radius 3 is 2.17 bits per heavy atom. The number of carbonyl (C=O) groups excluding carboxylic acids is 3. The van der Waals surface area contributed by atoms with Crippen molar-refractivity contribution in [2.75, 3.05) is 45.1 Å². The summed E-state index contributed by atoms with van der Waals surface area (Å²) >= 11 is 0. The summed E-state index contributed by atoms with van der Waals surface area (Å²) in [7, 11) is 1.61. The molecule has 0 bridgehead atoms. The van der Waals surface area contributed by atoms with E-state index in [1.165, 1.54) is 6.92 Å². The number of amides is 3. The van der Waals surface area contributed by atoms with Gasteiger partial charge < -0.3 is 15.5 Å². The highest BCUT2D eigenvalue weighted by molar-refractivity contribution is 5.95. The number of hydrogen-bond donors (Lipinski definition) is 2. The first-order valence-electron chi connectivity index (χ1n) is 7.59. The number of nitrogens with zero attached hydrogens (tertiary/aromatic N) is 2. The molecule has 1 aliphatic rings. The smallest absolute Gasteiger partial charge is 0.321 e. The number of piperazine rings is 1. The van der Waals surface area contributed by atoms with Crippen LogP contribution in [0.15, 0.2) is 24.3 Å². The zero-order chi connectivity index (χ0) is 16.8. The molecule has 7 nitrogen and oxygen atoms in total. The number of carbonyl (C=O) groups is 3. The number of hydrogen-bond acceptors (Lipinski definition) is 4. The molecule has 3 amide bonds. The second kappa shape index (κ2) is 7.73. The summed E-state index contributed by atoms with van der Waals surface area (Å²) in [6.45, 7) is 4.36. The van der Waals surface area contributed by atoms with Crippen LogP contribution in [-0.2, 0) is 4.79 Å². The van der Waals surface area contributed by atoms with Crippen LogP contribution < -0.4 is 10.6 Å². The fourth-order valence-corrected chi connectivity index (χ4v) is 2.38. The Hall–Kier alpha value is -2.41. The summed E-state index contributed by atoms with van der Waals surface area (Å²) in [5, 5.41) is 5.42. The second-order valence-electron chi connectivity index (χ2n) is 5.50. The quantitative estimate of drug-likeness (QED) is 0.804. The van der Waals surface area contributed by atoms with Crippen molar-refractivity contribution in [3.63, 3.8) is 0 Å². The minimum atomic E-state index is -0.167. The molecule has 2 N–H and O–H groups in total. The molecule has 1 aromatic rings. The zero-order valence-electron chi connectivity index (χ0n) is 13.5. The van der Waals surface area contributed by atoms with Crippen LogP contribution in [0, 0.1) is 0 Å². The molecule has 23 heavy (non-hydrogen) atoms. The number of anilines is 1. The fourth-order valence-electron chi connectivity index (χ4n) is 2.38. The van der Waals surface area contributed by atoms with E-state index in [2.05, 4.69) is 10.6 Å². The number of benzene rings is 1. The van der Waals surface area contributed by atoms with E-state index in [0.717, 1.165) is 0 Å². The number of likely N-dealkylation sites (N-methyl/N-ethyl adjacent to an activating group) is 1. The van der Waals surface area contributed by atoms with E-state index in [1.807, 2.05) is 4.90 Å². The Labute approximate surface area is 135 Å². The molecule has 124 valence electrons. The Morgan fingerprint density at radius 1 is 1.04 bits per heavy atom. The molecule has 1 aromatic carbocycles. The molecule has 0 atom stereocenters. The van der Waals surface area contributed by atoms with Crippen LogP contribution in [0.2, 0.25) is 0 Å². The molecule has 1 heterocycles. The van der Waals surface area contributed by atoms with Gasteiger partial charge in [0.15, 0.2) is 5.78 Å². The number of urea groups is 1. The number of Topliss-reactive ketones (excluding diaryl/α,β-unsaturated/α-hetero) is 1. The van der Waals surface area contributed by atoms with Crippen molar-refractivity contribution in [2.24, 2.45) is 0 Å². The molecule has 0 radical (unpaired) electrons. The largest absolute Gasteiger partial charge is 0.358 e. The monoisotopic (exact) mass is 318 g/mol. The van der Waals surface area contributed by atoms with E-state index >= 15 is 0 Å². The minimum absolute atomic E-state index is 0.00452. The van der Waals surface area contributed by atoms with Crippen molar-refractivity contribution in [3.8, 4) is 0 Å². The van der Waals surface area contributed by atoms with Gasteiger partial charge in [-0.3, -0.25) is 14.5 Å². The van der Waals surface area contributed by atoms with E-state index in [0.29, 0.717) is 44.0 Å². The second-order valence-corrected chi connectivity index (χ2v) is 5.50. The maximum atomic E-state index is 12.2. The van der Waals surface area contributed by atoms with Crippen LogP contribution >= 0.6 is 0 Å². The number of ketones is 1. The molecule has 1 saturated heterocycles. The van der Waals surface area contributed by atoms with E-state index in [1.54, 1.807) is 36.2 Å². The van der Waals surface area contributed by atoms with Crippen molar-refractivity contribution in [1.82, 2.24) is 15.1 Å². The summed E-state index contributed by atoms with van der Waals surface area (Å²) in [4.78, 5) is 38.5. The van der Waals surface area contributed by atoms with Crippen LogP contribution in [0.5, 0.6) is 0 Å². The SMILES string of the molecule is CNC(=O)CN1CCN(C(=O)Nc2ccc(C(C)=O)cc2)CC1. The van der Waals surface area contributed by atoms with Gasteiger partial charge in [0, 0.05) is 44.5 Å². The van der Waals surface area contributed by atoms with Crippen LogP contribution in [0.4, 0.5) is 10.5 Å². The zero-order valence-corrected chi connectivity index (χ0v) is 13.5. The van der Waals surface area contributed by atoms with Gasteiger partial charge in [0.2, 0.25) is 5.91 Å². The molecule has 0 aromatic heterocycles. The predicted molar refractivity (Wildman–Crippen MR) is 87.5 cm³/mol. The molecular weight excluding hydrogens is 296 g/mol. The average molecular weight is 318 g/mol. The maximum Gasteiger partial charge on any atom is 0.321 e. The van der Waals surface area contributed by atoms with Crippen molar-refractivity contribution in [3.05, 3.63) is 29.8 Å². The molecule has 0 spiro atoms. The first-order chi connectivity index (χ1) is 11.0. The first-order valence-corrected chi connectivity index (χ1v) is 7.59. The summed E-state index contributed by atoms with van der Waals surface area (Å²) < 4.78 is 0. The Balaban J connectivity index is 1.83. The van der Waals surface area contributed by atoms with Gasteiger partial charge in [0.25, 0.3) is 0 Å². The van der Waals surface area contributed by atoms with Crippen LogP contribution in [-0.4, -0.2) is 67.3 Å². The third-order valence-electron chi connectivity index (χ3n) is 3.85. The molecule has 0 aliphatic carbocycles. The van der Waals surface area contributed by atoms with Gasteiger partial charge in [-0.05, 0) is 31.2 Å². The van der Waals surface area contributed by atoms with Crippen molar-refractivity contribution in [1.29, 1.82) is 0 Å². The molecule has 1 aliphatic heterocycles. The molecule has 7 heteroatoms. The van der Waals surface area contributed by atoms with Crippen LogP contribution in [0.25, 0.3) is 0 Å². The van der Waals surface area contributed by atoms with E-state index in [4.69, 9.17) is 0 Å². The maximum absolute atomic E-state index is 12.2. The van der Waals surface area contributed by atoms with Gasteiger partial charge in [-0.25, -0.2) is 4.79 Å². The lowest BCUT2D eigenvalue weighted by Gasteiger charge is -2.34. The van der Waals surface area contributed by atoms with E-state index in [9.17, 15) is 14.4 Å². The third kappa shape index (κ3) is 4.79. The number of nitrogens with one attached hydrogen (secondary N) is 2. The minimum Gasteiger partial charge on any atom is -0.358 e. The van der Waals surface area contributed by atoms with Crippen molar-refractivity contribution >= 4 is 23.4 Å². The molecule has 1 fully saturated rings. The molecule has 0 saturated carbocycles. The van der Waals surface area contributed by atoms with Crippen LogP contribution in [0.3, 0.4) is 0 Å². The standard InChI is InChI=1S/C16H22N4O3/c1-12(21)13-3-5-14(6-4-13)18-16(23)20-9-7-19(8-10-20)11-15(22)17-2/h3-6H,7-11H2,1-2H3,(H,17,22)(H,18,23). The first kappa shape index (κ1) is 17.0. The van der Waals surface area contributed by atoms with E-state index in [-0.39, 0.29) is 17.7 Å². The van der Waals surface area contributed by atoms with Gasteiger partial charge in [-0.2, -0.15) is 0 Å². The van der Waals surface area contributed by atoms with Gasteiger partial charge in [0.05, 0.1) is 6.54 Å². The summed E-state index contributed by atoms with van der Waals surface area (Å²) in [6.07, 6.45) is 0. The summed E-state index contributed by atoms with van der Waals surface area (Å²) in [5.41, 5.74) is 1.28. The lowest BCUT2D eigenvalue weighted by Crippen LogP contribution is -2.51. The van der Waals surface area contributed by atoms with E-state index < -0.39 is 0 Å². The van der Waals surface area contributed by atoms with Gasteiger partial charge in [-0.15, -0.1) is 0 Å². The Kier molecular flexibility index (Phi) is 5.70. The normalized spacial score (nSPS) is 15.1. The van der Waals surface area contributed by atoms with Gasteiger partial charge in [-0.1, -0.05) is 0 Å². The molecule has 2 rings (SSSR count). The summed E-state index contributed by atoms with van der Waals surface area (Å²) in [6, 6.07) is 6.66. The summed E-state index contributed by atoms with van der Waals surface area (Å²) in [5.74, 6) is -0.0245. The van der Waals surface area contributed by atoms with Crippen molar-refractivity contribution < 1.29 is 14.4 Å². The lowest BCUT2D eigenvalue weighted by molar-refractivity contribution is -0.122. The molecule has 0 unspecified atom stereocenters. The molecular formula is C16H22N4O3. The van der Waals surface area contributed by atoms with Crippen LogP contribution in [0.1, 0.15) is 17.3 Å². The topological polar surface area (TPSA) is 81.8 Å². The Bertz CT molecular complexity index is 577. The highest BCUT2D eigenvalue weighted by Crippen LogP contribution is 2.12. The highest BCUT2D eigenvalue weighted by Gasteiger charge is 2.22. The third-order valence-corrected chi connectivity index (χ3v) is 3.85. The van der Waals surface area contributed by atoms with Crippen molar-refractivity contribution in [2.45, 2.75) is 6.92 Å².